The Kier molecular flexibility index (Phi) is 11.7. The van der Waals surface area contributed by atoms with Crippen LogP contribution >= 0.6 is 24.0 Å². The van der Waals surface area contributed by atoms with E-state index in [0.717, 1.165) is 43.7 Å². The van der Waals surface area contributed by atoms with Gasteiger partial charge < -0.3 is 20.3 Å². The molecule has 1 aliphatic rings. The first kappa shape index (κ1) is 23.0. The number of nitrogens with one attached hydrogen (secondary N) is 2. The number of methoxy groups -OCH3 is 1. The number of nitrogens with zero attached hydrogens (tertiary/aromatic N) is 2. The molecule has 0 aromatic heterocycles. The summed E-state index contributed by atoms with van der Waals surface area (Å²) < 4.78 is 5.19. The predicted molar refractivity (Wildman–Crippen MR) is 121 cm³/mol. The van der Waals surface area contributed by atoms with Gasteiger partial charge in [-0.3, -0.25) is 4.99 Å². The van der Waals surface area contributed by atoms with Gasteiger partial charge in [0.15, 0.2) is 5.96 Å². The van der Waals surface area contributed by atoms with E-state index < -0.39 is 0 Å². The fourth-order valence-electron chi connectivity index (χ4n) is 3.32. The highest BCUT2D eigenvalue weighted by atomic mass is 127. The standard InChI is InChI=1S/C20H34N4O.HI/c1-17-7-4-5-15-24(17)16-6-13-22-20(21-2)23-14-12-18-8-10-19(25-3)11-9-18;/h8-11,17H,4-7,12-16H2,1-3H3,(H2,21,22,23);1H. The van der Waals surface area contributed by atoms with Gasteiger partial charge in [-0.2, -0.15) is 0 Å². The Morgan fingerprint density at radius 3 is 2.58 bits per heavy atom. The second-order valence-electron chi connectivity index (χ2n) is 6.76. The highest BCUT2D eigenvalue weighted by molar-refractivity contribution is 14.0. The number of guanidine groups is 1. The topological polar surface area (TPSA) is 48.9 Å². The van der Waals surface area contributed by atoms with E-state index in [4.69, 9.17) is 4.74 Å². The smallest absolute Gasteiger partial charge is 0.190 e. The molecule has 1 saturated heterocycles. The number of halogens is 1. The number of hydrogen-bond acceptors (Lipinski definition) is 3. The van der Waals surface area contributed by atoms with Gasteiger partial charge in [0.2, 0.25) is 0 Å². The lowest BCUT2D eigenvalue weighted by Gasteiger charge is -2.33. The molecule has 0 amide bonds. The number of piperidine rings is 1. The van der Waals surface area contributed by atoms with Gasteiger partial charge in [-0.15, -0.1) is 24.0 Å². The summed E-state index contributed by atoms with van der Waals surface area (Å²) in [6.07, 6.45) is 6.22. The van der Waals surface area contributed by atoms with Gasteiger partial charge in [0.25, 0.3) is 0 Å². The summed E-state index contributed by atoms with van der Waals surface area (Å²) in [5, 5.41) is 6.81. The molecule has 0 radical (unpaired) electrons. The van der Waals surface area contributed by atoms with Crippen molar-refractivity contribution in [2.75, 3.05) is 40.3 Å². The first-order valence-electron chi connectivity index (χ1n) is 9.54. The Hall–Kier alpha value is -1.02. The fraction of sp³-hybridized carbons (Fsp3) is 0.650. The molecule has 0 saturated carbocycles. The van der Waals surface area contributed by atoms with Gasteiger partial charge >= 0.3 is 0 Å². The van der Waals surface area contributed by atoms with Crippen molar-refractivity contribution in [1.29, 1.82) is 0 Å². The number of hydrogen-bond donors (Lipinski definition) is 2. The van der Waals surface area contributed by atoms with E-state index in [-0.39, 0.29) is 24.0 Å². The average Bonchev–Trinajstić information content (AvgIpc) is 2.65. The molecule has 1 unspecified atom stereocenters. The Bertz CT molecular complexity index is 521. The third kappa shape index (κ3) is 8.12. The van der Waals surface area contributed by atoms with Crippen LogP contribution in [0.5, 0.6) is 5.75 Å². The number of rotatable bonds is 8. The highest BCUT2D eigenvalue weighted by Crippen LogP contribution is 2.16. The van der Waals surface area contributed by atoms with E-state index >= 15 is 0 Å². The van der Waals surface area contributed by atoms with Crippen LogP contribution in [0.1, 0.15) is 38.2 Å². The number of benzene rings is 1. The SMILES string of the molecule is CN=C(NCCCN1CCCCC1C)NCCc1ccc(OC)cc1.I. The second-order valence-corrected chi connectivity index (χ2v) is 6.76. The Labute approximate surface area is 176 Å². The number of ether oxygens (including phenoxy) is 1. The van der Waals surface area contributed by atoms with Crippen molar-refractivity contribution in [3.8, 4) is 5.75 Å². The molecule has 0 spiro atoms. The van der Waals surface area contributed by atoms with Crippen LogP contribution in [0, 0.1) is 0 Å². The fourth-order valence-corrected chi connectivity index (χ4v) is 3.32. The van der Waals surface area contributed by atoms with E-state index in [0.29, 0.717) is 0 Å². The van der Waals surface area contributed by atoms with Crippen LogP contribution < -0.4 is 15.4 Å². The zero-order valence-corrected chi connectivity index (χ0v) is 18.8. The van der Waals surface area contributed by atoms with Crippen molar-refractivity contribution in [2.24, 2.45) is 4.99 Å². The normalized spacial score (nSPS) is 18.1. The van der Waals surface area contributed by atoms with Crippen molar-refractivity contribution in [2.45, 2.75) is 45.1 Å². The maximum Gasteiger partial charge on any atom is 0.190 e. The summed E-state index contributed by atoms with van der Waals surface area (Å²) in [6.45, 7) is 6.62. The lowest BCUT2D eigenvalue weighted by Crippen LogP contribution is -2.41. The van der Waals surface area contributed by atoms with Crippen LogP contribution in [0.3, 0.4) is 0 Å². The quantitative estimate of drug-likeness (QED) is 0.263. The molecule has 6 heteroatoms. The van der Waals surface area contributed by atoms with E-state index in [1.165, 1.54) is 37.9 Å². The van der Waals surface area contributed by atoms with E-state index in [9.17, 15) is 0 Å². The van der Waals surface area contributed by atoms with Gasteiger partial charge in [0.05, 0.1) is 7.11 Å². The van der Waals surface area contributed by atoms with Gasteiger partial charge in [-0.25, -0.2) is 0 Å². The van der Waals surface area contributed by atoms with Crippen molar-refractivity contribution in [3.63, 3.8) is 0 Å². The molecule has 0 bridgehead atoms. The first-order chi connectivity index (χ1) is 12.2. The van der Waals surface area contributed by atoms with E-state index in [1.54, 1.807) is 7.11 Å². The molecular formula is C20H35IN4O. The third-order valence-electron chi connectivity index (χ3n) is 4.94. The Morgan fingerprint density at radius 2 is 1.92 bits per heavy atom. The molecule has 1 aliphatic heterocycles. The molecular weight excluding hydrogens is 439 g/mol. The summed E-state index contributed by atoms with van der Waals surface area (Å²) in [5.74, 6) is 1.79. The zero-order valence-electron chi connectivity index (χ0n) is 16.5. The number of likely N-dealkylation sites (tertiary alicyclic amines) is 1. The monoisotopic (exact) mass is 474 g/mol. The van der Waals surface area contributed by atoms with Crippen molar-refractivity contribution >= 4 is 29.9 Å². The molecule has 2 rings (SSSR count). The summed E-state index contributed by atoms with van der Waals surface area (Å²) in [7, 11) is 3.52. The zero-order chi connectivity index (χ0) is 17.9. The summed E-state index contributed by atoms with van der Waals surface area (Å²) in [5.41, 5.74) is 1.29. The summed E-state index contributed by atoms with van der Waals surface area (Å²) in [6, 6.07) is 8.97. The minimum atomic E-state index is 0. The molecule has 1 atom stereocenters. The Balaban J connectivity index is 0.00000338. The molecule has 1 heterocycles. The molecule has 1 aromatic carbocycles. The van der Waals surface area contributed by atoms with Gasteiger partial charge in [-0.05, 0) is 56.8 Å². The lowest BCUT2D eigenvalue weighted by molar-refractivity contribution is 0.159. The highest BCUT2D eigenvalue weighted by Gasteiger charge is 2.17. The van der Waals surface area contributed by atoms with Gasteiger partial charge in [-0.1, -0.05) is 18.6 Å². The average molecular weight is 474 g/mol. The molecule has 2 N–H and O–H groups in total. The second kappa shape index (κ2) is 13.2. The van der Waals surface area contributed by atoms with E-state index in [1.807, 2.05) is 19.2 Å². The molecule has 26 heavy (non-hydrogen) atoms. The first-order valence-corrected chi connectivity index (χ1v) is 9.54. The minimum absolute atomic E-state index is 0. The van der Waals surface area contributed by atoms with E-state index in [2.05, 4.69) is 39.6 Å². The lowest BCUT2D eigenvalue weighted by atomic mass is 10.0. The van der Waals surface area contributed by atoms with Gasteiger partial charge in [0.1, 0.15) is 5.75 Å². The molecule has 0 aliphatic carbocycles. The van der Waals surface area contributed by atoms with Crippen LogP contribution in [0.2, 0.25) is 0 Å². The van der Waals surface area contributed by atoms with Crippen LogP contribution in [-0.2, 0) is 6.42 Å². The molecule has 5 nitrogen and oxygen atoms in total. The van der Waals surface area contributed by atoms with Crippen LogP contribution in [-0.4, -0.2) is 57.2 Å². The van der Waals surface area contributed by atoms with Gasteiger partial charge in [0, 0.05) is 32.7 Å². The van der Waals surface area contributed by atoms with Crippen molar-refractivity contribution in [3.05, 3.63) is 29.8 Å². The number of aliphatic imine (C=N–C) groups is 1. The predicted octanol–water partition coefficient (Wildman–Crippen LogP) is 3.29. The summed E-state index contributed by atoms with van der Waals surface area (Å²) in [4.78, 5) is 6.92. The molecule has 148 valence electrons. The maximum atomic E-state index is 5.19. The molecule has 1 fully saturated rings. The maximum absolute atomic E-state index is 5.19. The summed E-state index contributed by atoms with van der Waals surface area (Å²) >= 11 is 0. The van der Waals surface area contributed by atoms with Crippen LogP contribution in [0.4, 0.5) is 0 Å². The molecule has 1 aromatic rings. The van der Waals surface area contributed by atoms with Crippen LogP contribution in [0.25, 0.3) is 0 Å². The minimum Gasteiger partial charge on any atom is -0.497 e. The Morgan fingerprint density at radius 1 is 1.19 bits per heavy atom. The van der Waals surface area contributed by atoms with Crippen LogP contribution in [0.15, 0.2) is 29.3 Å². The van der Waals surface area contributed by atoms with Crippen molar-refractivity contribution in [1.82, 2.24) is 15.5 Å². The van der Waals surface area contributed by atoms with Crippen molar-refractivity contribution < 1.29 is 4.74 Å². The largest absolute Gasteiger partial charge is 0.497 e. The third-order valence-corrected chi connectivity index (χ3v) is 4.94.